The van der Waals surface area contributed by atoms with Crippen LogP contribution in [0.25, 0.3) is 11.5 Å². The van der Waals surface area contributed by atoms with Gasteiger partial charge in [-0.25, -0.2) is 0 Å². The van der Waals surface area contributed by atoms with E-state index in [4.69, 9.17) is 9.15 Å². The van der Waals surface area contributed by atoms with E-state index >= 15 is 0 Å². The summed E-state index contributed by atoms with van der Waals surface area (Å²) >= 11 is 1.54. The second kappa shape index (κ2) is 8.43. The number of ether oxygens (including phenoxy) is 1. The number of hydrogen-bond donors (Lipinski definition) is 1. The van der Waals surface area contributed by atoms with E-state index in [-0.39, 0.29) is 11.9 Å². The van der Waals surface area contributed by atoms with E-state index in [1.54, 1.807) is 24.3 Å². The van der Waals surface area contributed by atoms with Crippen molar-refractivity contribution in [3.05, 3.63) is 46.7 Å². The number of hydrogen-bond acceptors (Lipinski definition) is 6. The number of benzene rings is 1. The van der Waals surface area contributed by atoms with Crippen molar-refractivity contribution < 1.29 is 13.9 Å². The molecule has 2 aromatic heterocycles. The van der Waals surface area contributed by atoms with Gasteiger partial charge in [0, 0.05) is 16.5 Å². The third-order valence-electron chi connectivity index (χ3n) is 3.55. The van der Waals surface area contributed by atoms with Gasteiger partial charge in [-0.05, 0) is 42.1 Å². The van der Waals surface area contributed by atoms with Crippen molar-refractivity contribution in [2.24, 2.45) is 0 Å². The van der Waals surface area contributed by atoms with Crippen molar-refractivity contribution >= 4 is 23.3 Å². The average molecular weight is 357 g/mol. The normalized spacial score (nSPS) is 10.6. The minimum absolute atomic E-state index is 0.0751. The Balaban J connectivity index is 1.56. The van der Waals surface area contributed by atoms with Crippen molar-refractivity contribution in [3.63, 3.8) is 0 Å². The highest BCUT2D eigenvalue weighted by Crippen LogP contribution is 2.22. The van der Waals surface area contributed by atoms with Crippen molar-refractivity contribution in [3.8, 4) is 17.2 Å². The van der Waals surface area contributed by atoms with Crippen molar-refractivity contribution in [1.82, 2.24) is 10.2 Å². The van der Waals surface area contributed by atoms with Crippen molar-refractivity contribution in [1.29, 1.82) is 0 Å². The fourth-order valence-electron chi connectivity index (χ4n) is 2.19. The van der Waals surface area contributed by atoms with Gasteiger partial charge < -0.3 is 9.15 Å². The Kier molecular flexibility index (Phi) is 5.79. The van der Waals surface area contributed by atoms with Crippen LogP contribution in [0.3, 0.4) is 0 Å². The van der Waals surface area contributed by atoms with Gasteiger partial charge in [-0.15, -0.1) is 5.10 Å². The van der Waals surface area contributed by atoms with E-state index in [0.29, 0.717) is 18.1 Å². The molecule has 0 spiro atoms. The predicted octanol–water partition coefficient (Wildman–Crippen LogP) is 4.62. The van der Waals surface area contributed by atoms with Gasteiger partial charge in [0.1, 0.15) is 5.75 Å². The van der Waals surface area contributed by atoms with Crippen LogP contribution in [0.1, 0.15) is 36.5 Å². The van der Waals surface area contributed by atoms with E-state index in [2.05, 4.69) is 22.4 Å². The molecule has 130 valence electrons. The fraction of sp³-hybridized carbons (Fsp3) is 0.278. The first kappa shape index (κ1) is 17.2. The fourth-order valence-corrected chi connectivity index (χ4v) is 2.82. The topological polar surface area (TPSA) is 77.2 Å². The molecule has 0 saturated heterocycles. The molecular formula is C18H19N3O3S. The lowest BCUT2D eigenvalue weighted by atomic mass is 10.2. The number of anilines is 1. The van der Waals surface area contributed by atoms with Crippen molar-refractivity contribution in [2.45, 2.75) is 26.2 Å². The summed E-state index contributed by atoms with van der Waals surface area (Å²) in [6.45, 7) is 2.84. The molecule has 1 N–H and O–H groups in total. The van der Waals surface area contributed by atoms with Gasteiger partial charge in [-0.3, -0.25) is 10.1 Å². The molecule has 0 aliphatic heterocycles. The first-order chi connectivity index (χ1) is 12.3. The molecule has 0 aliphatic carbocycles. The maximum Gasteiger partial charge on any atom is 0.322 e. The summed E-state index contributed by atoms with van der Waals surface area (Å²) in [6.07, 6.45) is 3.34. The number of carbonyl (C=O) groups is 1. The maximum absolute atomic E-state index is 12.2. The highest BCUT2D eigenvalue weighted by Gasteiger charge is 2.13. The Morgan fingerprint density at radius 3 is 2.76 bits per heavy atom. The molecule has 2 heterocycles. The molecule has 25 heavy (non-hydrogen) atoms. The summed E-state index contributed by atoms with van der Waals surface area (Å²) in [5.74, 6) is 0.829. The number of thiophene rings is 1. The van der Waals surface area contributed by atoms with Crippen LogP contribution < -0.4 is 10.1 Å². The molecule has 7 heteroatoms. The summed E-state index contributed by atoms with van der Waals surface area (Å²) in [6, 6.07) is 8.94. The molecule has 0 saturated carbocycles. The average Bonchev–Trinajstić information content (AvgIpc) is 3.30. The quantitative estimate of drug-likeness (QED) is 0.595. The minimum Gasteiger partial charge on any atom is -0.494 e. The van der Waals surface area contributed by atoms with Crippen LogP contribution in [0.4, 0.5) is 6.01 Å². The van der Waals surface area contributed by atoms with E-state index in [1.165, 1.54) is 11.3 Å². The molecule has 0 fully saturated rings. The van der Waals surface area contributed by atoms with Crippen LogP contribution in [-0.2, 0) is 0 Å². The Morgan fingerprint density at radius 1 is 1.20 bits per heavy atom. The number of aromatic nitrogens is 2. The molecule has 0 unspecified atom stereocenters. The summed E-state index contributed by atoms with van der Waals surface area (Å²) in [7, 11) is 0. The Hall–Kier alpha value is -2.67. The molecule has 6 nitrogen and oxygen atoms in total. The number of carbonyl (C=O) groups excluding carboxylic acids is 1. The van der Waals surface area contributed by atoms with Crippen molar-refractivity contribution in [2.75, 3.05) is 11.9 Å². The first-order valence-corrected chi connectivity index (χ1v) is 9.11. The van der Waals surface area contributed by atoms with Gasteiger partial charge in [0.15, 0.2) is 0 Å². The van der Waals surface area contributed by atoms with Gasteiger partial charge in [-0.2, -0.15) is 11.3 Å². The number of amides is 1. The van der Waals surface area contributed by atoms with Gasteiger partial charge in [0.05, 0.1) is 6.61 Å². The van der Waals surface area contributed by atoms with Crippen LogP contribution in [0.15, 0.2) is 45.5 Å². The second-order valence-electron chi connectivity index (χ2n) is 5.46. The van der Waals surface area contributed by atoms with Crippen LogP contribution in [0.5, 0.6) is 5.75 Å². The Morgan fingerprint density at radius 2 is 2.04 bits per heavy atom. The summed E-state index contributed by atoms with van der Waals surface area (Å²) in [5, 5.41) is 14.2. The van der Waals surface area contributed by atoms with Gasteiger partial charge in [0.25, 0.3) is 11.8 Å². The van der Waals surface area contributed by atoms with Crippen LogP contribution in [0.2, 0.25) is 0 Å². The molecule has 1 aromatic carbocycles. The zero-order chi connectivity index (χ0) is 17.5. The highest BCUT2D eigenvalue weighted by molar-refractivity contribution is 7.08. The lowest BCUT2D eigenvalue weighted by Crippen LogP contribution is -2.12. The molecule has 0 atom stereocenters. The number of rotatable bonds is 8. The van der Waals surface area contributed by atoms with E-state index in [9.17, 15) is 4.79 Å². The van der Waals surface area contributed by atoms with E-state index < -0.39 is 0 Å². The third-order valence-corrected chi connectivity index (χ3v) is 4.23. The van der Waals surface area contributed by atoms with Gasteiger partial charge >= 0.3 is 6.01 Å². The van der Waals surface area contributed by atoms with Crippen LogP contribution >= 0.6 is 11.3 Å². The van der Waals surface area contributed by atoms with Crippen LogP contribution in [0, 0.1) is 0 Å². The predicted molar refractivity (Wildman–Crippen MR) is 97.0 cm³/mol. The lowest BCUT2D eigenvalue weighted by molar-refractivity contribution is 0.102. The smallest absolute Gasteiger partial charge is 0.322 e. The lowest BCUT2D eigenvalue weighted by Gasteiger charge is -2.06. The standard InChI is InChI=1S/C18H19N3O3S/c1-2-3-4-10-23-15-7-5-13(6-8-15)16(22)19-18-21-20-17(24-18)14-9-11-25-12-14/h5-9,11-12H,2-4,10H2,1H3,(H,19,21,22). The van der Waals surface area contributed by atoms with Gasteiger partial charge in [0.2, 0.25) is 0 Å². The molecule has 0 radical (unpaired) electrons. The van der Waals surface area contributed by atoms with Crippen LogP contribution in [-0.4, -0.2) is 22.7 Å². The summed E-state index contributed by atoms with van der Waals surface area (Å²) < 4.78 is 11.1. The summed E-state index contributed by atoms with van der Waals surface area (Å²) in [4.78, 5) is 12.2. The summed E-state index contributed by atoms with van der Waals surface area (Å²) in [5.41, 5.74) is 1.33. The zero-order valence-electron chi connectivity index (χ0n) is 13.9. The Labute approximate surface area is 149 Å². The molecular weight excluding hydrogens is 338 g/mol. The second-order valence-corrected chi connectivity index (χ2v) is 6.24. The molecule has 3 aromatic rings. The first-order valence-electron chi connectivity index (χ1n) is 8.16. The number of nitrogens with one attached hydrogen (secondary N) is 1. The zero-order valence-corrected chi connectivity index (χ0v) is 14.7. The SMILES string of the molecule is CCCCCOc1ccc(C(=O)Nc2nnc(-c3ccsc3)o2)cc1. The molecule has 0 bridgehead atoms. The molecule has 1 amide bonds. The highest BCUT2D eigenvalue weighted by atomic mass is 32.1. The monoisotopic (exact) mass is 357 g/mol. The molecule has 3 rings (SSSR count). The Bertz CT molecular complexity index is 797. The maximum atomic E-state index is 12.2. The number of unbranched alkanes of at least 4 members (excludes halogenated alkanes) is 2. The van der Waals surface area contributed by atoms with Gasteiger partial charge in [-0.1, -0.05) is 24.9 Å². The molecule has 0 aliphatic rings. The minimum atomic E-state index is -0.307. The van der Waals surface area contributed by atoms with E-state index in [0.717, 1.165) is 30.6 Å². The largest absolute Gasteiger partial charge is 0.494 e. The third kappa shape index (κ3) is 4.67. The van der Waals surface area contributed by atoms with E-state index in [1.807, 2.05) is 16.8 Å². The number of nitrogens with zero attached hydrogens (tertiary/aromatic N) is 2.